The zero-order valence-electron chi connectivity index (χ0n) is 18.3. The topological polar surface area (TPSA) is 99.4 Å². The van der Waals surface area contributed by atoms with E-state index in [2.05, 4.69) is 31.4 Å². The second-order valence-corrected chi connectivity index (χ2v) is 8.80. The Morgan fingerprint density at radius 2 is 1.88 bits per heavy atom. The minimum Gasteiger partial charge on any atom is -0.515 e. The van der Waals surface area contributed by atoms with Gasteiger partial charge in [-0.15, -0.1) is 0 Å². The first-order valence-electron chi connectivity index (χ1n) is 10.2. The lowest BCUT2D eigenvalue weighted by Gasteiger charge is -2.14. The van der Waals surface area contributed by atoms with Crippen molar-refractivity contribution in [3.05, 3.63) is 82.8 Å². The van der Waals surface area contributed by atoms with Gasteiger partial charge in [0.1, 0.15) is 0 Å². The maximum atomic E-state index is 12.5. The van der Waals surface area contributed by atoms with E-state index in [1.165, 1.54) is 0 Å². The SMILES string of the molecule is CC(C)(C)c1cc(CNC(=O)Nc2ccc(/C(=C/O)CO)cc2)n(-c2cccc(Cl)c2)n1. The number of aliphatic hydroxyl groups is 2. The number of hydrogen-bond acceptors (Lipinski definition) is 4. The van der Waals surface area contributed by atoms with Gasteiger partial charge in [0.15, 0.2) is 0 Å². The first-order chi connectivity index (χ1) is 15.2. The molecule has 0 fully saturated rings. The summed E-state index contributed by atoms with van der Waals surface area (Å²) in [5, 5.41) is 29.3. The van der Waals surface area contributed by atoms with Gasteiger partial charge in [-0.05, 0) is 42.0 Å². The molecule has 0 spiro atoms. The Hall–Kier alpha value is -3.29. The molecule has 1 aromatic heterocycles. The molecule has 3 aromatic rings. The number of nitrogens with zero attached hydrogens (tertiary/aromatic N) is 2. The number of aliphatic hydroxyl groups excluding tert-OH is 2. The monoisotopic (exact) mass is 454 g/mol. The van der Waals surface area contributed by atoms with E-state index in [1.807, 2.05) is 24.3 Å². The molecule has 0 atom stereocenters. The predicted octanol–water partition coefficient (Wildman–Crippen LogP) is 5.04. The maximum absolute atomic E-state index is 12.5. The van der Waals surface area contributed by atoms with Crippen LogP contribution in [0.15, 0.2) is 60.9 Å². The Balaban J connectivity index is 1.73. The Kier molecular flexibility index (Phi) is 7.22. The van der Waals surface area contributed by atoms with Crippen molar-refractivity contribution < 1.29 is 15.0 Å². The third kappa shape index (κ3) is 5.69. The van der Waals surface area contributed by atoms with Gasteiger partial charge in [-0.25, -0.2) is 9.48 Å². The van der Waals surface area contributed by atoms with Gasteiger partial charge in [-0.1, -0.05) is 50.6 Å². The lowest BCUT2D eigenvalue weighted by atomic mass is 9.92. The molecular formula is C24H27ClN4O3. The number of halogens is 1. The molecule has 0 bridgehead atoms. The van der Waals surface area contributed by atoms with E-state index < -0.39 is 0 Å². The lowest BCUT2D eigenvalue weighted by molar-refractivity contribution is 0.251. The molecule has 7 nitrogen and oxygen atoms in total. The van der Waals surface area contributed by atoms with Crippen LogP contribution in [0.5, 0.6) is 0 Å². The average Bonchev–Trinajstić information content (AvgIpc) is 3.19. The zero-order chi connectivity index (χ0) is 23.3. The Labute approximate surface area is 192 Å². The number of amides is 2. The fraction of sp³-hybridized carbons (Fsp3) is 0.250. The summed E-state index contributed by atoms with van der Waals surface area (Å²) in [5.41, 5.74) is 4.04. The van der Waals surface area contributed by atoms with Crippen molar-refractivity contribution in [2.24, 2.45) is 0 Å². The van der Waals surface area contributed by atoms with Crippen LogP contribution >= 0.6 is 11.6 Å². The van der Waals surface area contributed by atoms with Gasteiger partial charge >= 0.3 is 6.03 Å². The smallest absolute Gasteiger partial charge is 0.319 e. The van der Waals surface area contributed by atoms with Gasteiger partial charge < -0.3 is 20.8 Å². The van der Waals surface area contributed by atoms with Crippen molar-refractivity contribution in [2.75, 3.05) is 11.9 Å². The summed E-state index contributed by atoms with van der Waals surface area (Å²) in [4.78, 5) is 12.5. The summed E-state index contributed by atoms with van der Waals surface area (Å²) in [6.07, 6.45) is 0.865. The van der Waals surface area contributed by atoms with Crippen molar-refractivity contribution >= 4 is 28.9 Å². The van der Waals surface area contributed by atoms with Gasteiger partial charge in [-0.2, -0.15) is 5.10 Å². The molecule has 0 saturated carbocycles. The van der Waals surface area contributed by atoms with Crippen LogP contribution in [-0.2, 0) is 12.0 Å². The molecule has 0 aliphatic carbocycles. The number of nitrogens with one attached hydrogen (secondary N) is 2. The largest absolute Gasteiger partial charge is 0.515 e. The van der Waals surface area contributed by atoms with E-state index in [1.54, 1.807) is 35.0 Å². The van der Waals surface area contributed by atoms with E-state index in [0.29, 0.717) is 21.8 Å². The normalized spacial score (nSPS) is 12.0. The molecule has 4 N–H and O–H groups in total. The highest BCUT2D eigenvalue weighted by Crippen LogP contribution is 2.25. The molecular weight excluding hydrogens is 428 g/mol. The van der Waals surface area contributed by atoms with Crippen LogP contribution in [0.3, 0.4) is 0 Å². The summed E-state index contributed by atoms with van der Waals surface area (Å²) < 4.78 is 1.79. The Morgan fingerprint density at radius 1 is 1.16 bits per heavy atom. The van der Waals surface area contributed by atoms with Gasteiger partial charge in [0.2, 0.25) is 0 Å². The molecule has 0 aliphatic rings. The summed E-state index contributed by atoms with van der Waals surface area (Å²) in [6, 6.07) is 15.8. The van der Waals surface area contributed by atoms with Gasteiger partial charge in [0.05, 0.1) is 36.5 Å². The van der Waals surface area contributed by atoms with Crippen LogP contribution in [0.4, 0.5) is 10.5 Å². The number of hydrogen-bond donors (Lipinski definition) is 4. The van der Waals surface area contributed by atoms with Gasteiger partial charge in [0.25, 0.3) is 0 Å². The second kappa shape index (κ2) is 9.89. The molecule has 0 aliphatic heterocycles. The van der Waals surface area contributed by atoms with Crippen LogP contribution in [0, 0.1) is 0 Å². The number of rotatable bonds is 6. The first kappa shape index (κ1) is 23.4. The van der Waals surface area contributed by atoms with E-state index >= 15 is 0 Å². The summed E-state index contributed by atoms with van der Waals surface area (Å²) in [5.74, 6) is 0. The highest BCUT2D eigenvalue weighted by atomic mass is 35.5. The number of anilines is 1. The maximum Gasteiger partial charge on any atom is 0.319 e. The number of carbonyl (C=O) groups is 1. The molecule has 0 saturated heterocycles. The van der Waals surface area contributed by atoms with Crippen molar-refractivity contribution in [1.82, 2.24) is 15.1 Å². The minimum atomic E-state index is -0.367. The van der Waals surface area contributed by atoms with Crippen LogP contribution in [0.2, 0.25) is 5.02 Å². The van der Waals surface area contributed by atoms with Crippen molar-refractivity contribution in [3.8, 4) is 5.69 Å². The molecule has 0 radical (unpaired) electrons. The highest BCUT2D eigenvalue weighted by Gasteiger charge is 2.21. The number of urea groups is 1. The minimum absolute atomic E-state index is 0.154. The third-order valence-corrected chi connectivity index (χ3v) is 5.11. The fourth-order valence-corrected chi connectivity index (χ4v) is 3.25. The molecule has 2 aromatic carbocycles. The quantitative estimate of drug-likeness (QED) is 0.392. The van der Waals surface area contributed by atoms with Crippen molar-refractivity contribution in [1.29, 1.82) is 0 Å². The predicted molar refractivity (Wildman–Crippen MR) is 127 cm³/mol. The average molecular weight is 455 g/mol. The zero-order valence-corrected chi connectivity index (χ0v) is 19.0. The molecule has 2 amide bonds. The molecule has 168 valence electrons. The molecule has 32 heavy (non-hydrogen) atoms. The standard InChI is InChI=1S/C24H27ClN4O3/c1-24(2,3)22-12-21(29(28-22)20-6-4-5-18(25)11-20)13-26-23(32)27-19-9-7-16(8-10-19)17(14-30)15-31/h4-12,14,30-31H,13,15H2,1-3H3,(H2,26,27,32)/b17-14+. The van der Waals surface area contributed by atoms with Crippen LogP contribution < -0.4 is 10.6 Å². The molecule has 8 heteroatoms. The van der Waals surface area contributed by atoms with Gasteiger partial charge in [-0.3, -0.25) is 0 Å². The third-order valence-electron chi connectivity index (χ3n) is 4.87. The van der Waals surface area contributed by atoms with E-state index in [9.17, 15) is 9.90 Å². The Morgan fingerprint density at radius 3 is 2.47 bits per heavy atom. The number of carbonyl (C=O) groups excluding carboxylic acids is 1. The number of aromatic nitrogens is 2. The van der Waals surface area contributed by atoms with E-state index in [4.69, 9.17) is 21.8 Å². The van der Waals surface area contributed by atoms with E-state index in [0.717, 1.165) is 23.3 Å². The van der Waals surface area contributed by atoms with E-state index in [-0.39, 0.29) is 24.6 Å². The van der Waals surface area contributed by atoms with Crippen LogP contribution in [0.25, 0.3) is 11.3 Å². The molecule has 3 rings (SSSR count). The van der Waals surface area contributed by atoms with Gasteiger partial charge in [0, 0.05) is 21.7 Å². The Bertz CT molecular complexity index is 1120. The summed E-state index contributed by atoms with van der Waals surface area (Å²) in [7, 11) is 0. The van der Waals surface area contributed by atoms with Crippen molar-refractivity contribution in [2.45, 2.75) is 32.7 Å². The lowest BCUT2D eigenvalue weighted by Crippen LogP contribution is -2.29. The van der Waals surface area contributed by atoms with Crippen LogP contribution in [0.1, 0.15) is 37.7 Å². The summed E-state index contributed by atoms with van der Waals surface area (Å²) in [6.45, 7) is 6.24. The first-order valence-corrected chi connectivity index (χ1v) is 10.5. The summed E-state index contributed by atoms with van der Waals surface area (Å²) >= 11 is 6.16. The molecule has 0 unspecified atom stereocenters. The fourth-order valence-electron chi connectivity index (χ4n) is 3.06. The van der Waals surface area contributed by atoms with Crippen LogP contribution in [-0.4, -0.2) is 32.6 Å². The highest BCUT2D eigenvalue weighted by molar-refractivity contribution is 6.30. The number of benzene rings is 2. The molecule has 1 heterocycles. The van der Waals surface area contributed by atoms with Crippen molar-refractivity contribution in [3.63, 3.8) is 0 Å². The second-order valence-electron chi connectivity index (χ2n) is 8.36.